The van der Waals surface area contributed by atoms with Crippen LogP contribution in [0.3, 0.4) is 0 Å². The first kappa shape index (κ1) is 13.5. The lowest BCUT2D eigenvalue weighted by Gasteiger charge is -2.03. The van der Waals surface area contributed by atoms with Gasteiger partial charge in [0.05, 0.1) is 0 Å². The summed E-state index contributed by atoms with van der Waals surface area (Å²) in [5.41, 5.74) is 4.91. The van der Waals surface area contributed by atoms with Gasteiger partial charge in [-0.15, -0.1) is 4.91 Å². The largest absolute Gasteiger partial charge is 0.368 e. The van der Waals surface area contributed by atoms with E-state index < -0.39 is 11.9 Å². The molecule has 0 saturated heterocycles. The van der Waals surface area contributed by atoms with E-state index in [0.29, 0.717) is 25.7 Å². The Morgan fingerprint density at radius 1 is 1.33 bits per heavy atom. The molecule has 0 bridgehead atoms. The summed E-state index contributed by atoms with van der Waals surface area (Å²) in [4.78, 5) is 30.3. The molecule has 0 saturated carbocycles. The van der Waals surface area contributed by atoms with Crippen molar-refractivity contribution in [1.82, 2.24) is 0 Å². The maximum absolute atomic E-state index is 10.6. The van der Waals surface area contributed by atoms with E-state index in [1.807, 2.05) is 0 Å². The third-order valence-electron chi connectivity index (χ3n) is 2.02. The maximum Gasteiger partial charge on any atom is 0.245 e. The Balaban J connectivity index is 3.41. The molecule has 0 aromatic rings. The quantitative estimate of drug-likeness (QED) is 0.266. The Kier molecular flexibility index (Phi) is 7.04. The van der Waals surface area contributed by atoms with Crippen molar-refractivity contribution in [1.29, 1.82) is 0 Å². The van der Waals surface area contributed by atoms with Crippen molar-refractivity contribution < 1.29 is 9.72 Å². The van der Waals surface area contributed by atoms with Gasteiger partial charge in [0.1, 0.15) is 0 Å². The fourth-order valence-corrected chi connectivity index (χ4v) is 1.18. The second kappa shape index (κ2) is 7.84. The lowest BCUT2D eigenvalue weighted by Crippen LogP contribution is -2.26. The summed E-state index contributed by atoms with van der Waals surface area (Å²) in [7, 11) is 0. The van der Waals surface area contributed by atoms with Gasteiger partial charge in [-0.25, -0.2) is 0 Å². The van der Waals surface area contributed by atoms with Gasteiger partial charge < -0.3 is 5.73 Å². The number of hydrogen-bond acceptors (Lipinski definition) is 5. The molecule has 1 atom stereocenters. The molecule has 0 heterocycles. The minimum absolute atomic E-state index is 0.0365. The second-order valence-corrected chi connectivity index (χ2v) is 3.28. The highest BCUT2D eigenvalue weighted by Crippen LogP contribution is 2.07. The van der Waals surface area contributed by atoms with Gasteiger partial charge in [0.2, 0.25) is 12.5 Å². The topological polar surface area (TPSA) is 116 Å². The van der Waals surface area contributed by atoms with Crippen LogP contribution < -0.4 is 5.73 Å². The summed E-state index contributed by atoms with van der Waals surface area (Å²) in [6.07, 6.45) is 2.94. The predicted molar refractivity (Wildman–Crippen MR) is 53.7 cm³/mol. The predicted octanol–water partition coefficient (Wildman–Crippen LogP) is 0.834. The molecule has 7 heteroatoms. The highest BCUT2D eigenvalue weighted by Gasteiger charge is 2.14. The molecule has 0 fully saturated rings. The van der Waals surface area contributed by atoms with E-state index in [-0.39, 0.29) is 11.5 Å². The number of rotatable bonds is 9. The van der Waals surface area contributed by atoms with Crippen LogP contribution in [-0.4, -0.2) is 23.4 Å². The molecule has 1 unspecified atom stereocenters. The monoisotopic (exact) mass is 217 g/mol. The van der Waals surface area contributed by atoms with Crippen LogP contribution in [-0.2, 0) is 4.79 Å². The third-order valence-corrected chi connectivity index (χ3v) is 2.02. The molecular weight excluding hydrogens is 202 g/mol. The van der Waals surface area contributed by atoms with Crippen molar-refractivity contribution in [3.63, 3.8) is 0 Å². The Bertz CT molecular complexity index is 232. The number of carbonyl (C=O) groups excluding carboxylic acids is 1. The normalized spacial score (nSPS) is 12.0. The number of hydrogen-bond donors (Lipinski definition) is 1. The minimum atomic E-state index is -0.958. The van der Waals surface area contributed by atoms with E-state index in [9.17, 15) is 19.8 Å². The SMILES string of the molecule is NC(=O)C(CCCCCC[N+](=O)[O-])N=O. The van der Waals surface area contributed by atoms with Gasteiger partial charge in [-0.3, -0.25) is 14.9 Å². The first-order valence-electron chi connectivity index (χ1n) is 4.81. The average molecular weight is 217 g/mol. The number of amides is 1. The molecule has 0 aliphatic carbocycles. The van der Waals surface area contributed by atoms with Crippen LogP contribution >= 0.6 is 0 Å². The van der Waals surface area contributed by atoms with Gasteiger partial charge >= 0.3 is 0 Å². The van der Waals surface area contributed by atoms with E-state index in [1.54, 1.807) is 0 Å². The van der Waals surface area contributed by atoms with E-state index in [2.05, 4.69) is 5.18 Å². The smallest absolute Gasteiger partial charge is 0.245 e. The van der Waals surface area contributed by atoms with E-state index in [1.165, 1.54) is 0 Å². The molecule has 0 aromatic carbocycles. The van der Waals surface area contributed by atoms with E-state index >= 15 is 0 Å². The Morgan fingerprint density at radius 3 is 2.40 bits per heavy atom. The number of carbonyl (C=O) groups is 1. The highest BCUT2D eigenvalue weighted by atomic mass is 16.6. The molecule has 15 heavy (non-hydrogen) atoms. The fraction of sp³-hybridized carbons (Fsp3) is 0.875. The van der Waals surface area contributed by atoms with E-state index in [0.717, 1.165) is 6.42 Å². The van der Waals surface area contributed by atoms with Crippen molar-refractivity contribution >= 4 is 5.91 Å². The molecule has 0 aromatic heterocycles. The third kappa shape index (κ3) is 7.53. The van der Waals surface area contributed by atoms with Crippen LogP contribution in [0.15, 0.2) is 5.18 Å². The van der Waals surface area contributed by atoms with Gasteiger partial charge in [-0.1, -0.05) is 18.0 Å². The van der Waals surface area contributed by atoms with Gasteiger partial charge in [0, 0.05) is 11.3 Å². The summed E-state index contributed by atoms with van der Waals surface area (Å²) in [6.45, 7) is -0.0365. The molecule has 0 rings (SSSR count). The van der Waals surface area contributed by atoms with Crippen LogP contribution in [0.1, 0.15) is 32.1 Å². The van der Waals surface area contributed by atoms with Gasteiger partial charge in [-0.2, -0.15) is 0 Å². The number of unbranched alkanes of at least 4 members (excludes halogenated alkanes) is 3. The van der Waals surface area contributed by atoms with Crippen molar-refractivity contribution in [2.75, 3.05) is 6.54 Å². The highest BCUT2D eigenvalue weighted by molar-refractivity contribution is 5.79. The van der Waals surface area contributed by atoms with Crippen LogP contribution in [0.2, 0.25) is 0 Å². The van der Waals surface area contributed by atoms with E-state index in [4.69, 9.17) is 5.73 Å². The standard InChI is InChI=1S/C8H15N3O4/c9-8(12)7(10-13)5-3-1-2-4-6-11(14)15/h7H,1-6H2,(H2,9,12). The molecule has 7 nitrogen and oxygen atoms in total. The Labute approximate surface area is 87.1 Å². The van der Waals surface area contributed by atoms with Crippen molar-refractivity contribution in [2.24, 2.45) is 10.9 Å². The fourth-order valence-electron chi connectivity index (χ4n) is 1.18. The van der Waals surface area contributed by atoms with Gasteiger partial charge in [0.25, 0.3) is 0 Å². The zero-order chi connectivity index (χ0) is 11.7. The second-order valence-electron chi connectivity index (χ2n) is 3.28. The zero-order valence-electron chi connectivity index (χ0n) is 8.42. The Hall–Kier alpha value is -1.53. The molecule has 2 N–H and O–H groups in total. The molecule has 0 aliphatic heterocycles. The van der Waals surface area contributed by atoms with Crippen LogP contribution in [0.25, 0.3) is 0 Å². The summed E-state index contributed by atoms with van der Waals surface area (Å²) < 4.78 is 0. The molecule has 0 aliphatic rings. The first-order chi connectivity index (χ1) is 7.07. The van der Waals surface area contributed by atoms with Crippen LogP contribution in [0.5, 0.6) is 0 Å². The number of primary amides is 1. The molecule has 0 radical (unpaired) electrons. The zero-order valence-corrected chi connectivity index (χ0v) is 8.42. The van der Waals surface area contributed by atoms with Crippen molar-refractivity contribution in [3.8, 4) is 0 Å². The molecule has 86 valence electrons. The summed E-state index contributed by atoms with van der Waals surface area (Å²) in [5, 5.41) is 12.6. The maximum atomic E-state index is 10.6. The van der Waals surface area contributed by atoms with Crippen LogP contribution in [0, 0.1) is 15.0 Å². The molecule has 1 amide bonds. The first-order valence-corrected chi connectivity index (χ1v) is 4.81. The minimum Gasteiger partial charge on any atom is -0.368 e. The lowest BCUT2D eigenvalue weighted by atomic mass is 10.1. The number of nitrogens with two attached hydrogens (primary N) is 1. The molecular formula is C8H15N3O4. The number of nitroso groups, excluding NO2 is 1. The number of nitro groups is 1. The van der Waals surface area contributed by atoms with Gasteiger partial charge in [0.15, 0.2) is 6.04 Å². The number of nitrogens with zero attached hydrogens (tertiary/aromatic N) is 2. The van der Waals surface area contributed by atoms with Crippen LogP contribution in [0.4, 0.5) is 0 Å². The molecule has 0 spiro atoms. The summed E-state index contributed by atoms with van der Waals surface area (Å²) in [6, 6.07) is -0.958. The average Bonchev–Trinajstić information content (AvgIpc) is 2.15. The van der Waals surface area contributed by atoms with Crippen molar-refractivity contribution in [3.05, 3.63) is 15.0 Å². The summed E-state index contributed by atoms with van der Waals surface area (Å²) >= 11 is 0. The van der Waals surface area contributed by atoms with Gasteiger partial charge in [-0.05, 0) is 12.8 Å². The Morgan fingerprint density at radius 2 is 1.93 bits per heavy atom. The lowest BCUT2D eigenvalue weighted by molar-refractivity contribution is -0.480. The summed E-state index contributed by atoms with van der Waals surface area (Å²) in [5.74, 6) is -0.713. The van der Waals surface area contributed by atoms with Crippen molar-refractivity contribution in [2.45, 2.75) is 38.1 Å².